The zero-order valence-corrected chi connectivity index (χ0v) is 30.0. The number of esters is 1. The van der Waals surface area contributed by atoms with Gasteiger partial charge in [-0.2, -0.15) is 0 Å². The number of carbonyl (C=O) groups is 4. The summed E-state index contributed by atoms with van der Waals surface area (Å²) in [6, 6.07) is 7.41. The largest absolute Gasteiger partial charge is 0.460 e. The van der Waals surface area contributed by atoms with Crippen LogP contribution in [-0.4, -0.2) is 82.0 Å². The van der Waals surface area contributed by atoms with E-state index in [1.54, 1.807) is 6.92 Å². The minimum absolute atomic E-state index is 0.276. The van der Waals surface area contributed by atoms with Crippen LogP contribution >= 0.6 is 34.8 Å². The molecule has 2 aliphatic rings. The van der Waals surface area contributed by atoms with E-state index in [1.807, 2.05) is 50.3 Å². The molecule has 3 unspecified atom stereocenters. The Kier molecular flexibility index (Phi) is 13.1. The topological polar surface area (TPSA) is 139 Å². The maximum atomic E-state index is 14.0. The molecule has 2 aliphatic heterocycles. The molecule has 4 rings (SSSR count). The molecule has 262 valence electrons. The van der Waals surface area contributed by atoms with Gasteiger partial charge in [0.1, 0.15) is 24.7 Å². The van der Waals surface area contributed by atoms with Crippen LogP contribution in [0.5, 0.6) is 0 Å². The summed E-state index contributed by atoms with van der Waals surface area (Å²) in [6.07, 6.45) is 6.53. The molecule has 2 aromatic rings. The molecule has 1 aromatic heterocycles. The van der Waals surface area contributed by atoms with Crippen LogP contribution in [0.1, 0.15) is 64.6 Å². The Morgan fingerprint density at radius 1 is 1.12 bits per heavy atom. The smallest absolute Gasteiger partial charge is 0.325 e. The number of rotatable bonds is 11. The summed E-state index contributed by atoms with van der Waals surface area (Å²) in [5.41, 5.74) is 4.77. The number of aryl methyl sites for hydroxylation is 1. The van der Waals surface area contributed by atoms with Gasteiger partial charge in [0.15, 0.2) is 0 Å². The maximum absolute atomic E-state index is 14.0. The van der Waals surface area contributed by atoms with Gasteiger partial charge in [-0.15, -0.1) is 0 Å². The van der Waals surface area contributed by atoms with E-state index < -0.39 is 51.7 Å². The number of halogens is 3. The predicted molar refractivity (Wildman–Crippen MR) is 186 cm³/mol. The standard InChI is InChI=1S/C34H44Cl3N5O6/c1-5-25-11-10-24-9-8-23(19-27(24)39-25)12-13-33(14-17-47-18-15-33)32(46)40-28(21(2)3)29(43)38-22(4)30(44)42-16-6-7-26(41-42)31(45)48-20-34(35,36)37/h8-13,19,21-22,26,28,41H,5-7,14-18,20H2,1-4H3,(H,38,43)(H,40,46)/b13-12+. The highest BCUT2D eigenvalue weighted by molar-refractivity contribution is 6.67. The van der Waals surface area contributed by atoms with Crippen molar-refractivity contribution in [1.29, 1.82) is 0 Å². The fraction of sp³-hybridized carbons (Fsp3) is 0.559. The second-order valence-electron chi connectivity index (χ2n) is 12.7. The normalized spacial score (nSPS) is 19.6. The fourth-order valence-corrected chi connectivity index (χ4v) is 5.89. The minimum Gasteiger partial charge on any atom is -0.460 e. The van der Waals surface area contributed by atoms with E-state index in [2.05, 4.69) is 29.0 Å². The van der Waals surface area contributed by atoms with Gasteiger partial charge in [-0.05, 0) is 62.6 Å². The summed E-state index contributed by atoms with van der Waals surface area (Å²) in [4.78, 5) is 58.0. The number of ether oxygens (including phenoxy) is 2. The third-order valence-electron chi connectivity index (χ3n) is 8.65. The lowest BCUT2D eigenvalue weighted by atomic mass is 9.78. The van der Waals surface area contributed by atoms with Gasteiger partial charge in [0, 0.05) is 30.8 Å². The number of fused-ring (bicyclic) bond motifs is 1. The van der Waals surface area contributed by atoms with E-state index in [0.29, 0.717) is 45.4 Å². The third-order valence-corrected chi connectivity index (χ3v) is 8.98. The second-order valence-corrected chi connectivity index (χ2v) is 15.2. The van der Waals surface area contributed by atoms with Crippen molar-refractivity contribution in [3.05, 3.63) is 47.7 Å². The van der Waals surface area contributed by atoms with Gasteiger partial charge in [-0.1, -0.05) is 85.9 Å². The van der Waals surface area contributed by atoms with Gasteiger partial charge >= 0.3 is 5.97 Å². The zero-order valence-electron chi connectivity index (χ0n) is 27.7. The average molecular weight is 725 g/mol. The summed E-state index contributed by atoms with van der Waals surface area (Å²) < 4.78 is 8.90. The number of nitrogens with one attached hydrogen (secondary N) is 3. The molecule has 3 amide bonds. The molecule has 0 radical (unpaired) electrons. The van der Waals surface area contributed by atoms with Gasteiger partial charge in [0.25, 0.3) is 5.91 Å². The summed E-state index contributed by atoms with van der Waals surface area (Å²) in [5, 5.41) is 8.05. The zero-order chi connectivity index (χ0) is 35.1. The van der Waals surface area contributed by atoms with Crippen LogP contribution in [0.2, 0.25) is 0 Å². The van der Waals surface area contributed by atoms with Crippen molar-refractivity contribution < 1.29 is 28.7 Å². The Hall–Kier alpha value is -2.96. The quantitative estimate of drug-likeness (QED) is 0.225. The number of pyridine rings is 1. The van der Waals surface area contributed by atoms with Crippen LogP contribution in [0.4, 0.5) is 0 Å². The van der Waals surface area contributed by atoms with E-state index in [9.17, 15) is 19.2 Å². The molecule has 0 bridgehead atoms. The lowest BCUT2D eigenvalue weighted by Gasteiger charge is -2.36. The number of nitrogens with zero attached hydrogens (tertiary/aromatic N) is 2. The Balaban J connectivity index is 1.42. The van der Waals surface area contributed by atoms with E-state index in [0.717, 1.165) is 28.6 Å². The minimum atomic E-state index is -1.75. The lowest BCUT2D eigenvalue weighted by Crippen LogP contribution is -2.61. The molecule has 1 aromatic carbocycles. The fourth-order valence-electron chi connectivity index (χ4n) is 5.73. The van der Waals surface area contributed by atoms with Crippen LogP contribution in [-0.2, 0) is 35.1 Å². The molecule has 11 nitrogen and oxygen atoms in total. The Morgan fingerprint density at radius 3 is 2.50 bits per heavy atom. The summed E-state index contributed by atoms with van der Waals surface area (Å²) >= 11 is 17.0. The second kappa shape index (κ2) is 16.6. The average Bonchev–Trinajstić information content (AvgIpc) is 3.07. The molecule has 0 saturated carbocycles. The van der Waals surface area contributed by atoms with Crippen molar-refractivity contribution in [2.45, 2.75) is 81.7 Å². The molecule has 0 spiro atoms. The summed E-state index contributed by atoms with van der Waals surface area (Å²) in [5.74, 6) is -2.15. The number of benzene rings is 1. The van der Waals surface area contributed by atoms with Gasteiger partial charge in [0.2, 0.25) is 15.6 Å². The van der Waals surface area contributed by atoms with Gasteiger partial charge in [0.05, 0.1) is 10.9 Å². The molecule has 2 saturated heterocycles. The van der Waals surface area contributed by atoms with Gasteiger partial charge < -0.3 is 20.1 Å². The SMILES string of the molecule is CCc1ccc2ccc(/C=C/C3(C(=O)NC(C(=O)NC(C)C(=O)N4CCCC(C(=O)OCC(Cl)(Cl)Cl)N4)C(C)C)CCOCC3)cc2n1. The first-order valence-corrected chi connectivity index (χ1v) is 17.4. The number of hydrazine groups is 1. The number of amides is 3. The van der Waals surface area contributed by atoms with Crippen molar-refractivity contribution in [1.82, 2.24) is 26.1 Å². The predicted octanol–water partition coefficient (Wildman–Crippen LogP) is 4.66. The molecular weight excluding hydrogens is 681 g/mol. The van der Waals surface area contributed by atoms with E-state index in [-0.39, 0.29) is 11.8 Å². The number of aromatic nitrogens is 1. The first-order chi connectivity index (χ1) is 22.7. The number of hydrogen-bond donors (Lipinski definition) is 3. The first-order valence-electron chi connectivity index (χ1n) is 16.3. The first kappa shape index (κ1) is 37.9. The Labute approximate surface area is 296 Å². The highest BCUT2D eigenvalue weighted by atomic mass is 35.6. The number of alkyl halides is 3. The van der Waals surface area contributed by atoms with Gasteiger partial charge in [-0.3, -0.25) is 29.2 Å². The summed E-state index contributed by atoms with van der Waals surface area (Å²) in [6.45, 7) is 7.98. The number of carbonyl (C=O) groups excluding carboxylic acids is 4. The van der Waals surface area contributed by atoms with Crippen LogP contribution in [0, 0.1) is 11.3 Å². The van der Waals surface area contributed by atoms with Crippen LogP contribution in [0.15, 0.2) is 36.4 Å². The van der Waals surface area contributed by atoms with Crippen molar-refractivity contribution in [3.8, 4) is 0 Å². The molecule has 3 heterocycles. The van der Waals surface area contributed by atoms with Crippen LogP contribution < -0.4 is 16.1 Å². The van der Waals surface area contributed by atoms with E-state index >= 15 is 0 Å². The highest BCUT2D eigenvalue weighted by Gasteiger charge is 2.41. The third kappa shape index (κ3) is 10.0. The maximum Gasteiger partial charge on any atom is 0.325 e. The number of hydrogen-bond acceptors (Lipinski definition) is 8. The van der Waals surface area contributed by atoms with Gasteiger partial charge in [-0.25, -0.2) is 5.43 Å². The lowest BCUT2D eigenvalue weighted by molar-refractivity contribution is -0.152. The molecule has 2 fully saturated rings. The van der Waals surface area contributed by atoms with Crippen molar-refractivity contribution >= 4 is 75.5 Å². The van der Waals surface area contributed by atoms with Crippen molar-refractivity contribution in [3.63, 3.8) is 0 Å². The highest BCUT2D eigenvalue weighted by Crippen LogP contribution is 2.34. The van der Waals surface area contributed by atoms with Crippen molar-refractivity contribution in [2.75, 3.05) is 26.4 Å². The molecule has 3 atom stereocenters. The Morgan fingerprint density at radius 2 is 1.83 bits per heavy atom. The molecule has 3 N–H and O–H groups in total. The molecule has 48 heavy (non-hydrogen) atoms. The van der Waals surface area contributed by atoms with Crippen molar-refractivity contribution in [2.24, 2.45) is 11.3 Å². The summed E-state index contributed by atoms with van der Waals surface area (Å²) in [7, 11) is 0. The Bertz CT molecular complexity index is 1510. The van der Waals surface area contributed by atoms with E-state index in [4.69, 9.17) is 49.3 Å². The monoisotopic (exact) mass is 723 g/mol. The van der Waals surface area contributed by atoms with Crippen LogP contribution in [0.3, 0.4) is 0 Å². The molecule has 14 heteroatoms. The molecular formula is C34H44Cl3N5O6. The van der Waals surface area contributed by atoms with E-state index in [1.165, 1.54) is 5.01 Å². The molecule has 0 aliphatic carbocycles. The van der Waals surface area contributed by atoms with Crippen LogP contribution in [0.25, 0.3) is 17.0 Å².